The summed E-state index contributed by atoms with van der Waals surface area (Å²) in [5.74, 6) is -1.68. The largest absolute Gasteiger partial charge is 0.480 e. The Morgan fingerprint density at radius 3 is 2.07 bits per heavy atom. The summed E-state index contributed by atoms with van der Waals surface area (Å²) < 4.78 is 34.0. The first-order chi connectivity index (χ1) is 19.4. The number of aliphatic carboxylic acids is 1. The normalized spacial score (nSPS) is 21.5. The molecule has 11 heteroatoms. The number of nitrogens with one attached hydrogen (secondary N) is 1. The molecule has 2 saturated heterocycles. The van der Waals surface area contributed by atoms with Gasteiger partial charge in [0.15, 0.2) is 0 Å². The number of fused-ring (bicyclic) bond motifs is 3. The first-order valence-electron chi connectivity index (χ1n) is 14.1. The van der Waals surface area contributed by atoms with E-state index in [-0.39, 0.29) is 35.4 Å². The van der Waals surface area contributed by atoms with Crippen molar-refractivity contribution in [3.63, 3.8) is 0 Å². The Kier molecular flexibility index (Phi) is 9.38. The average Bonchev–Trinajstić information content (AvgIpc) is 2.93. The Morgan fingerprint density at radius 2 is 1.54 bits per heavy atom. The minimum Gasteiger partial charge on any atom is -0.480 e. The van der Waals surface area contributed by atoms with Crippen molar-refractivity contribution >= 4 is 28.0 Å². The third-order valence-corrected chi connectivity index (χ3v) is 9.86. The van der Waals surface area contributed by atoms with Crippen LogP contribution in [0.25, 0.3) is 0 Å². The van der Waals surface area contributed by atoms with E-state index in [0.717, 1.165) is 0 Å². The van der Waals surface area contributed by atoms with Crippen molar-refractivity contribution < 1.29 is 32.6 Å². The Hall–Kier alpha value is -3.44. The van der Waals surface area contributed by atoms with Gasteiger partial charge in [0.25, 0.3) is 0 Å². The van der Waals surface area contributed by atoms with Gasteiger partial charge in [0.1, 0.15) is 17.8 Å². The second kappa shape index (κ2) is 12.6. The molecule has 2 heterocycles. The van der Waals surface area contributed by atoms with Gasteiger partial charge in [0.2, 0.25) is 15.9 Å². The highest BCUT2D eigenvalue weighted by Gasteiger charge is 2.51. The van der Waals surface area contributed by atoms with Gasteiger partial charge in [0, 0.05) is 24.5 Å². The molecule has 0 aromatic heterocycles. The number of carbonyl (C=O) groups excluding carboxylic acids is 2. The summed E-state index contributed by atoms with van der Waals surface area (Å²) in [6.07, 6.45) is 2.28. The maximum atomic E-state index is 13.6. The number of carboxylic acid groups (broad SMARTS) is 1. The Balaban J connectivity index is 1.48. The lowest BCUT2D eigenvalue weighted by molar-refractivity contribution is -0.143. The molecule has 2 bridgehead atoms. The predicted octanol–water partition coefficient (Wildman–Crippen LogP) is 4.05. The fraction of sp³-hybridized carbons (Fsp3) is 0.500. The average molecular weight is 586 g/mol. The zero-order valence-corrected chi connectivity index (χ0v) is 24.7. The number of ether oxygens (including phenoxy) is 1. The zero-order valence-electron chi connectivity index (χ0n) is 23.9. The number of hydrogen-bond acceptors (Lipinski definition) is 6. The first-order valence-corrected chi connectivity index (χ1v) is 15.5. The number of piperidine rings is 2. The van der Waals surface area contributed by atoms with E-state index >= 15 is 0 Å². The topological polar surface area (TPSA) is 133 Å². The van der Waals surface area contributed by atoms with Gasteiger partial charge in [-0.05, 0) is 89.1 Å². The van der Waals surface area contributed by atoms with Crippen molar-refractivity contribution in [1.29, 1.82) is 0 Å². The van der Waals surface area contributed by atoms with Gasteiger partial charge in [-0.1, -0.05) is 30.3 Å². The number of carboxylic acids is 1. The summed E-state index contributed by atoms with van der Waals surface area (Å²) in [5, 5.41) is 12.6. The maximum Gasteiger partial charge on any atom is 0.415 e. The van der Waals surface area contributed by atoms with Gasteiger partial charge in [-0.15, -0.1) is 0 Å². The van der Waals surface area contributed by atoms with Gasteiger partial charge < -0.3 is 20.1 Å². The van der Waals surface area contributed by atoms with Gasteiger partial charge in [-0.25, -0.2) is 18.0 Å². The van der Waals surface area contributed by atoms with E-state index in [1.54, 1.807) is 47.4 Å². The molecular formula is C30H39N3O7S. The van der Waals surface area contributed by atoms with E-state index in [1.807, 2.05) is 27.7 Å². The summed E-state index contributed by atoms with van der Waals surface area (Å²) in [6, 6.07) is 11.9. The van der Waals surface area contributed by atoms with Crippen molar-refractivity contribution in [2.24, 2.45) is 5.92 Å². The van der Waals surface area contributed by atoms with Gasteiger partial charge >= 0.3 is 12.1 Å². The molecular weight excluding hydrogens is 546 g/mol. The van der Waals surface area contributed by atoms with E-state index < -0.39 is 40.1 Å². The first kappa shape index (κ1) is 30.5. The van der Waals surface area contributed by atoms with Gasteiger partial charge in [-0.2, -0.15) is 4.31 Å². The molecule has 2 unspecified atom stereocenters. The molecule has 2 aromatic carbocycles. The number of benzene rings is 2. The highest BCUT2D eigenvalue weighted by atomic mass is 32.2. The van der Waals surface area contributed by atoms with Crippen molar-refractivity contribution in [2.45, 2.75) is 94.9 Å². The van der Waals surface area contributed by atoms with Crippen LogP contribution < -0.4 is 10.1 Å². The van der Waals surface area contributed by atoms with Crippen LogP contribution in [0.1, 0.15) is 58.9 Å². The Morgan fingerprint density at radius 1 is 0.951 bits per heavy atom. The lowest BCUT2D eigenvalue weighted by Crippen LogP contribution is -2.63. The maximum absolute atomic E-state index is 13.6. The van der Waals surface area contributed by atoms with E-state index in [2.05, 4.69) is 5.32 Å². The van der Waals surface area contributed by atoms with Crippen molar-refractivity contribution in [3.8, 4) is 5.75 Å². The molecule has 3 aliphatic rings. The van der Waals surface area contributed by atoms with Crippen LogP contribution in [0.4, 0.5) is 4.79 Å². The second-order valence-corrected chi connectivity index (χ2v) is 13.2. The van der Waals surface area contributed by atoms with Crippen molar-refractivity contribution in [1.82, 2.24) is 14.5 Å². The van der Waals surface area contributed by atoms with Crippen LogP contribution in [0.5, 0.6) is 5.75 Å². The van der Waals surface area contributed by atoms with Crippen molar-refractivity contribution in [3.05, 3.63) is 60.2 Å². The molecule has 2 aromatic rings. The van der Waals surface area contributed by atoms with Crippen LogP contribution in [-0.4, -0.2) is 70.9 Å². The Bertz CT molecular complexity index is 1330. The summed E-state index contributed by atoms with van der Waals surface area (Å²) in [7, 11) is -3.95. The Labute approximate surface area is 241 Å². The molecule has 1 saturated carbocycles. The number of rotatable bonds is 10. The summed E-state index contributed by atoms with van der Waals surface area (Å²) in [5.41, 5.74) is 0.612. The monoisotopic (exact) mass is 585 g/mol. The number of carbonyl (C=O) groups is 3. The molecule has 3 fully saturated rings. The van der Waals surface area contributed by atoms with Crippen LogP contribution in [0.2, 0.25) is 0 Å². The van der Waals surface area contributed by atoms with Crippen LogP contribution >= 0.6 is 0 Å². The molecule has 5 rings (SSSR count). The number of sulfonamides is 1. The predicted molar refractivity (Wildman–Crippen MR) is 153 cm³/mol. The highest BCUT2D eigenvalue weighted by Crippen LogP contribution is 2.42. The van der Waals surface area contributed by atoms with Gasteiger partial charge in [0.05, 0.1) is 4.90 Å². The van der Waals surface area contributed by atoms with E-state index in [1.165, 1.54) is 16.4 Å². The molecule has 2 amide bonds. The molecule has 1 aliphatic carbocycles. The minimum atomic E-state index is -3.95. The number of amides is 2. The molecule has 0 radical (unpaired) electrons. The lowest BCUT2D eigenvalue weighted by atomic mass is 9.76. The van der Waals surface area contributed by atoms with Crippen LogP contribution in [0.15, 0.2) is 59.5 Å². The summed E-state index contributed by atoms with van der Waals surface area (Å²) in [4.78, 5) is 40.1. The fourth-order valence-electron chi connectivity index (χ4n) is 6.05. The third kappa shape index (κ3) is 6.73. The SMILES string of the molecule is CC(C)N(C(=O)Oc1ccc(CC(NC(=O)C2C3CCC(CC3)N2S(=O)(=O)c2ccccc2)C(=O)O)cc1)C(C)C. The zero-order chi connectivity index (χ0) is 29.9. The minimum absolute atomic E-state index is 0.0222. The van der Waals surface area contributed by atoms with Crippen LogP contribution in [0.3, 0.4) is 0 Å². The summed E-state index contributed by atoms with van der Waals surface area (Å²) >= 11 is 0. The standard InChI is InChI=1S/C30H39N3O7S/c1-19(2)32(20(3)4)30(37)40-24-16-10-21(11-17-24)18-26(29(35)36)31-28(34)27-22-12-14-23(15-13-22)33(27)41(38,39)25-8-6-5-7-9-25/h5-11,16-17,19-20,22-23,26-27H,12-15,18H2,1-4H3,(H,31,34)(H,35,36). The smallest absolute Gasteiger partial charge is 0.415 e. The van der Waals surface area contributed by atoms with E-state index in [4.69, 9.17) is 4.74 Å². The number of hydrogen-bond donors (Lipinski definition) is 2. The molecule has 222 valence electrons. The fourth-order valence-corrected chi connectivity index (χ4v) is 7.97. The van der Waals surface area contributed by atoms with Crippen LogP contribution in [-0.2, 0) is 26.0 Å². The molecule has 41 heavy (non-hydrogen) atoms. The van der Waals surface area contributed by atoms with Crippen molar-refractivity contribution in [2.75, 3.05) is 0 Å². The lowest BCUT2D eigenvalue weighted by Gasteiger charge is -2.49. The molecule has 2 aliphatic heterocycles. The quantitative estimate of drug-likeness (QED) is 0.430. The van der Waals surface area contributed by atoms with Crippen LogP contribution in [0, 0.1) is 5.92 Å². The van der Waals surface area contributed by atoms with E-state index in [9.17, 15) is 27.9 Å². The highest BCUT2D eigenvalue weighted by molar-refractivity contribution is 7.89. The molecule has 2 N–H and O–H groups in total. The molecule has 2 atom stereocenters. The summed E-state index contributed by atoms with van der Waals surface area (Å²) in [6.45, 7) is 7.61. The third-order valence-electron chi connectivity index (χ3n) is 7.92. The van der Waals surface area contributed by atoms with Gasteiger partial charge in [-0.3, -0.25) is 4.79 Å². The molecule has 0 spiro atoms. The molecule has 10 nitrogen and oxygen atoms in total. The van der Waals surface area contributed by atoms with E-state index in [0.29, 0.717) is 37.0 Å². The second-order valence-electron chi connectivity index (χ2n) is 11.4. The number of nitrogens with zero attached hydrogens (tertiary/aromatic N) is 2.